The summed E-state index contributed by atoms with van der Waals surface area (Å²) < 4.78 is 6.23. The van der Waals surface area contributed by atoms with Crippen molar-refractivity contribution in [2.75, 3.05) is 0 Å². The summed E-state index contributed by atoms with van der Waals surface area (Å²) in [5, 5.41) is 10.4. The van der Waals surface area contributed by atoms with Crippen molar-refractivity contribution >= 4 is 0 Å². The minimum atomic E-state index is -0.127. The monoisotopic (exact) mass is 260 g/mol. The highest BCUT2D eigenvalue weighted by Gasteiger charge is 2.46. The van der Waals surface area contributed by atoms with Gasteiger partial charge in [0.05, 0.1) is 0 Å². The SMILES string of the molecule is Cc1cc(O)c2c(c1)OC(C)(C)C1CCC(C)C[C@@H]21. The number of aromatic hydroxyl groups is 1. The Morgan fingerprint density at radius 3 is 2.74 bits per heavy atom. The average molecular weight is 260 g/mol. The first-order chi connectivity index (χ1) is 8.88. The lowest BCUT2D eigenvalue weighted by Gasteiger charge is -2.48. The van der Waals surface area contributed by atoms with Gasteiger partial charge in [-0.2, -0.15) is 0 Å². The van der Waals surface area contributed by atoms with Crippen LogP contribution in [0.2, 0.25) is 0 Å². The lowest BCUT2D eigenvalue weighted by molar-refractivity contribution is -0.0145. The van der Waals surface area contributed by atoms with Crippen molar-refractivity contribution in [1.82, 2.24) is 0 Å². The third kappa shape index (κ3) is 2.01. The third-order valence-electron chi connectivity index (χ3n) is 5.01. The van der Waals surface area contributed by atoms with E-state index in [0.717, 1.165) is 22.8 Å². The van der Waals surface area contributed by atoms with E-state index in [1.807, 2.05) is 13.0 Å². The molecule has 0 radical (unpaired) electrons. The molecule has 0 amide bonds. The van der Waals surface area contributed by atoms with Crippen LogP contribution in [-0.2, 0) is 0 Å². The van der Waals surface area contributed by atoms with Gasteiger partial charge < -0.3 is 9.84 Å². The van der Waals surface area contributed by atoms with Gasteiger partial charge in [-0.15, -0.1) is 0 Å². The molecular formula is C17H24O2. The molecule has 1 heterocycles. The normalized spacial score (nSPS) is 32.1. The molecule has 0 aromatic heterocycles. The molecule has 1 aromatic carbocycles. The van der Waals surface area contributed by atoms with Gasteiger partial charge in [0, 0.05) is 11.5 Å². The van der Waals surface area contributed by atoms with Crippen molar-refractivity contribution in [2.24, 2.45) is 11.8 Å². The van der Waals surface area contributed by atoms with Gasteiger partial charge in [-0.1, -0.05) is 13.3 Å². The molecule has 3 rings (SSSR count). The Kier molecular flexibility index (Phi) is 2.81. The number of fused-ring (bicyclic) bond motifs is 3. The number of phenols is 1. The van der Waals surface area contributed by atoms with Crippen LogP contribution in [0.25, 0.3) is 0 Å². The Balaban J connectivity index is 2.13. The van der Waals surface area contributed by atoms with Gasteiger partial charge in [0.1, 0.15) is 17.1 Å². The molecule has 1 aliphatic heterocycles. The number of rotatable bonds is 0. The van der Waals surface area contributed by atoms with E-state index in [2.05, 4.69) is 26.8 Å². The molecule has 19 heavy (non-hydrogen) atoms. The molecule has 1 saturated carbocycles. The molecule has 1 aliphatic carbocycles. The maximum atomic E-state index is 10.4. The molecule has 1 aromatic rings. The number of phenolic OH excluding ortho intramolecular Hbond substituents is 1. The van der Waals surface area contributed by atoms with Crippen LogP contribution >= 0.6 is 0 Å². The second-order valence-electron chi connectivity index (χ2n) is 7.03. The summed E-state index contributed by atoms with van der Waals surface area (Å²) >= 11 is 0. The number of aryl methyl sites for hydroxylation is 1. The molecule has 3 atom stereocenters. The zero-order valence-corrected chi connectivity index (χ0v) is 12.4. The molecule has 2 nitrogen and oxygen atoms in total. The van der Waals surface area contributed by atoms with Crippen molar-refractivity contribution in [3.8, 4) is 11.5 Å². The van der Waals surface area contributed by atoms with Crippen LogP contribution in [0.3, 0.4) is 0 Å². The molecule has 2 aliphatic rings. The van der Waals surface area contributed by atoms with E-state index < -0.39 is 0 Å². The summed E-state index contributed by atoms with van der Waals surface area (Å²) in [6.45, 7) is 8.72. The summed E-state index contributed by atoms with van der Waals surface area (Å²) in [4.78, 5) is 0. The molecule has 0 spiro atoms. The third-order valence-corrected chi connectivity index (χ3v) is 5.01. The first-order valence-corrected chi connectivity index (χ1v) is 7.41. The Labute approximate surface area is 115 Å². The van der Waals surface area contributed by atoms with E-state index in [4.69, 9.17) is 4.74 Å². The molecule has 2 unspecified atom stereocenters. The van der Waals surface area contributed by atoms with Gasteiger partial charge in [-0.3, -0.25) is 0 Å². The minimum absolute atomic E-state index is 0.127. The van der Waals surface area contributed by atoms with E-state index in [1.54, 1.807) is 0 Å². The summed E-state index contributed by atoms with van der Waals surface area (Å²) in [6, 6.07) is 3.95. The van der Waals surface area contributed by atoms with Gasteiger partial charge >= 0.3 is 0 Å². The summed E-state index contributed by atoms with van der Waals surface area (Å²) in [6.07, 6.45) is 3.64. The fourth-order valence-electron chi connectivity index (χ4n) is 4.09. The summed E-state index contributed by atoms with van der Waals surface area (Å²) in [7, 11) is 0. The number of ether oxygens (including phenoxy) is 1. The molecule has 0 bridgehead atoms. The zero-order chi connectivity index (χ0) is 13.8. The number of hydrogen-bond donors (Lipinski definition) is 1. The predicted octanol–water partition coefficient (Wildman–Crippen LogP) is 4.39. The molecule has 1 fully saturated rings. The smallest absolute Gasteiger partial charge is 0.127 e. The van der Waals surface area contributed by atoms with Crippen LogP contribution < -0.4 is 4.74 Å². The van der Waals surface area contributed by atoms with Crippen molar-refractivity contribution in [3.05, 3.63) is 23.3 Å². The standard InChI is InChI=1S/C17H24O2/c1-10-5-6-13-12(7-10)16-14(18)8-11(2)9-15(16)19-17(13,3)4/h8-10,12-13,18H,5-7H2,1-4H3/t10?,12-,13?/m1/s1. The number of hydrogen-bond acceptors (Lipinski definition) is 2. The van der Waals surface area contributed by atoms with Crippen LogP contribution in [0.5, 0.6) is 11.5 Å². The van der Waals surface area contributed by atoms with Crippen molar-refractivity contribution < 1.29 is 9.84 Å². The highest BCUT2D eigenvalue weighted by molar-refractivity contribution is 5.51. The fourth-order valence-corrected chi connectivity index (χ4v) is 4.09. The molecule has 2 heteroatoms. The lowest BCUT2D eigenvalue weighted by atomic mass is 9.64. The van der Waals surface area contributed by atoms with Crippen LogP contribution in [-0.4, -0.2) is 10.7 Å². The van der Waals surface area contributed by atoms with Gasteiger partial charge in [0.15, 0.2) is 0 Å². The molecule has 104 valence electrons. The van der Waals surface area contributed by atoms with E-state index in [1.165, 1.54) is 19.3 Å². The quantitative estimate of drug-likeness (QED) is 0.749. The molecular weight excluding hydrogens is 236 g/mol. The maximum Gasteiger partial charge on any atom is 0.127 e. The molecule has 1 N–H and O–H groups in total. The molecule has 0 saturated heterocycles. The van der Waals surface area contributed by atoms with Gasteiger partial charge in [-0.05, 0) is 63.1 Å². The predicted molar refractivity (Wildman–Crippen MR) is 76.8 cm³/mol. The lowest BCUT2D eigenvalue weighted by Crippen LogP contribution is -2.46. The van der Waals surface area contributed by atoms with Gasteiger partial charge in [-0.25, -0.2) is 0 Å². The topological polar surface area (TPSA) is 29.5 Å². The zero-order valence-electron chi connectivity index (χ0n) is 12.4. The second-order valence-corrected chi connectivity index (χ2v) is 7.03. The minimum Gasteiger partial charge on any atom is -0.508 e. The van der Waals surface area contributed by atoms with Crippen LogP contribution in [0.4, 0.5) is 0 Å². The first-order valence-electron chi connectivity index (χ1n) is 7.41. The van der Waals surface area contributed by atoms with Gasteiger partial charge in [0.25, 0.3) is 0 Å². The Morgan fingerprint density at radius 1 is 1.26 bits per heavy atom. The van der Waals surface area contributed by atoms with Crippen molar-refractivity contribution in [2.45, 2.75) is 58.5 Å². The van der Waals surface area contributed by atoms with E-state index in [9.17, 15) is 5.11 Å². The fraction of sp³-hybridized carbons (Fsp3) is 0.647. The summed E-state index contributed by atoms with van der Waals surface area (Å²) in [5.74, 6) is 3.03. The van der Waals surface area contributed by atoms with Crippen LogP contribution in [0.15, 0.2) is 12.1 Å². The first kappa shape index (κ1) is 12.8. The Hall–Kier alpha value is -1.18. The average Bonchev–Trinajstić information content (AvgIpc) is 2.25. The second kappa shape index (κ2) is 4.16. The largest absolute Gasteiger partial charge is 0.508 e. The van der Waals surface area contributed by atoms with E-state index >= 15 is 0 Å². The Bertz CT molecular complexity index is 504. The van der Waals surface area contributed by atoms with Crippen molar-refractivity contribution in [1.29, 1.82) is 0 Å². The van der Waals surface area contributed by atoms with Gasteiger partial charge in [0.2, 0.25) is 0 Å². The van der Waals surface area contributed by atoms with E-state index in [-0.39, 0.29) is 5.60 Å². The van der Waals surface area contributed by atoms with Crippen LogP contribution in [0, 0.1) is 18.8 Å². The van der Waals surface area contributed by atoms with E-state index in [0.29, 0.717) is 17.6 Å². The Morgan fingerprint density at radius 2 is 2.00 bits per heavy atom. The van der Waals surface area contributed by atoms with Crippen molar-refractivity contribution in [3.63, 3.8) is 0 Å². The summed E-state index contributed by atoms with van der Waals surface area (Å²) in [5.41, 5.74) is 1.99. The van der Waals surface area contributed by atoms with Crippen LogP contribution in [0.1, 0.15) is 57.1 Å². The number of benzene rings is 1. The highest BCUT2D eigenvalue weighted by atomic mass is 16.5. The highest BCUT2D eigenvalue weighted by Crippen LogP contribution is 2.55. The maximum absolute atomic E-state index is 10.4.